The molecule has 0 amide bonds. The zero-order valence-electron chi connectivity index (χ0n) is 17.8. The Morgan fingerprint density at radius 2 is 1.28 bits per heavy atom. The monoisotopic (exact) mass is 449 g/mol. The number of rotatable bonds is 4. The first-order valence-electron chi connectivity index (χ1n) is 9.84. The second kappa shape index (κ2) is 8.42. The number of fused-ring (bicyclic) bond motifs is 3. The number of benzene rings is 3. The van der Waals surface area contributed by atoms with Gasteiger partial charge in [0.1, 0.15) is 6.54 Å². The zero-order valence-corrected chi connectivity index (χ0v) is 19.4. The quantitative estimate of drug-likeness (QED) is 0.348. The van der Waals surface area contributed by atoms with Gasteiger partial charge in [0.05, 0.1) is 10.8 Å². The third-order valence-electron chi connectivity index (χ3n) is 5.49. The molecule has 1 heterocycles. The molecule has 0 saturated carbocycles. The van der Waals surface area contributed by atoms with E-state index < -0.39 is 0 Å². The molecule has 29 heavy (non-hydrogen) atoms. The number of hydrogen-bond donors (Lipinski definition) is 0. The van der Waals surface area contributed by atoms with Crippen LogP contribution in [0.25, 0.3) is 32.9 Å². The zero-order chi connectivity index (χ0) is 19.8. The lowest BCUT2D eigenvalue weighted by atomic mass is 9.98. The van der Waals surface area contributed by atoms with Gasteiger partial charge in [0.15, 0.2) is 0 Å². The standard InChI is InChI=1S/C25H28N3.BrH/c1-6-28-24-17-20(27(4)5)13-15-22(24)21-14-12-19(26(2)3)16-23(21)25(28)18-10-8-7-9-11-18;/h7-17H,6H2,1-5H3;1H/q+1;/p-1. The van der Waals surface area contributed by atoms with E-state index in [0.29, 0.717) is 0 Å². The first kappa shape index (κ1) is 21.1. The molecule has 1 aromatic heterocycles. The van der Waals surface area contributed by atoms with Crippen LogP contribution in [0.5, 0.6) is 0 Å². The molecule has 3 aromatic carbocycles. The normalized spacial score (nSPS) is 10.8. The molecule has 0 unspecified atom stereocenters. The van der Waals surface area contributed by atoms with E-state index in [2.05, 4.69) is 116 Å². The number of aryl methyl sites for hydroxylation is 1. The van der Waals surface area contributed by atoms with E-state index in [1.54, 1.807) is 0 Å². The van der Waals surface area contributed by atoms with Crippen LogP contribution in [0.4, 0.5) is 11.4 Å². The molecule has 0 spiro atoms. The van der Waals surface area contributed by atoms with Crippen molar-refractivity contribution < 1.29 is 21.5 Å². The summed E-state index contributed by atoms with van der Waals surface area (Å²) >= 11 is 0. The molecule has 150 valence electrons. The average Bonchev–Trinajstić information content (AvgIpc) is 2.72. The Bertz CT molecular complexity index is 1150. The highest BCUT2D eigenvalue weighted by Crippen LogP contribution is 2.34. The van der Waals surface area contributed by atoms with Crippen LogP contribution >= 0.6 is 0 Å². The van der Waals surface area contributed by atoms with Crippen LogP contribution in [-0.2, 0) is 6.54 Å². The molecule has 0 aliphatic carbocycles. The lowest BCUT2D eigenvalue weighted by Gasteiger charge is -2.17. The maximum Gasteiger partial charge on any atom is 0.220 e. The Kier molecular flexibility index (Phi) is 6.13. The largest absolute Gasteiger partial charge is 1.00 e. The molecule has 0 N–H and O–H groups in total. The highest BCUT2D eigenvalue weighted by molar-refractivity contribution is 6.10. The summed E-state index contributed by atoms with van der Waals surface area (Å²) < 4.78 is 2.46. The van der Waals surface area contributed by atoms with Gasteiger partial charge in [-0.15, -0.1) is 0 Å². The van der Waals surface area contributed by atoms with E-state index in [1.807, 2.05) is 0 Å². The predicted octanol–water partition coefficient (Wildman–Crippen LogP) is 2.10. The fourth-order valence-corrected chi connectivity index (χ4v) is 3.99. The number of anilines is 2. The fraction of sp³-hybridized carbons (Fsp3) is 0.240. The van der Waals surface area contributed by atoms with Crippen molar-refractivity contribution in [1.82, 2.24) is 0 Å². The van der Waals surface area contributed by atoms with E-state index in [-0.39, 0.29) is 17.0 Å². The Hall–Kier alpha value is -2.59. The number of hydrogen-bond acceptors (Lipinski definition) is 2. The van der Waals surface area contributed by atoms with Gasteiger partial charge in [-0.3, -0.25) is 0 Å². The highest BCUT2D eigenvalue weighted by atomic mass is 79.9. The van der Waals surface area contributed by atoms with Crippen molar-refractivity contribution >= 4 is 33.1 Å². The molecular weight excluding hydrogens is 422 g/mol. The molecule has 0 atom stereocenters. The summed E-state index contributed by atoms with van der Waals surface area (Å²) in [5.74, 6) is 0. The minimum absolute atomic E-state index is 0. The average molecular weight is 450 g/mol. The van der Waals surface area contributed by atoms with Crippen LogP contribution < -0.4 is 31.3 Å². The maximum absolute atomic E-state index is 2.46. The molecule has 0 fully saturated rings. The summed E-state index contributed by atoms with van der Waals surface area (Å²) in [5, 5.41) is 3.89. The minimum Gasteiger partial charge on any atom is -1.00 e. The van der Waals surface area contributed by atoms with E-state index in [1.165, 1.54) is 44.3 Å². The minimum atomic E-state index is 0. The Balaban J connectivity index is 0.00000240. The highest BCUT2D eigenvalue weighted by Gasteiger charge is 2.23. The molecule has 4 rings (SSSR count). The SMILES string of the molecule is CC[n+]1c(-c2ccccc2)c2cc(N(C)C)ccc2c2ccc(N(C)C)cc21.[Br-]. The van der Waals surface area contributed by atoms with Crippen molar-refractivity contribution in [3.63, 3.8) is 0 Å². The summed E-state index contributed by atoms with van der Waals surface area (Å²) in [4.78, 5) is 4.34. The molecule has 0 aliphatic rings. The molecule has 0 radical (unpaired) electrons. The first-order valence-corrected chi connectivity index (χ1v) is 9.84. The number of pyridine rings is 1. The van der Waals surface area contributed by atoms with Crippen LogP contribution in [0.15, 0.2) is 66.7 Å². The van der Waals surface area contributed by atoms with Gasteiger partial charge in [-0.1, -0.05) is 24.3 Å². The lowest BCUT2D eigenvalue weighted by molar-refractivity contribution is -0.655. The number of aromatic nitrogens is 1. The molecule has 4 aromatic rings. The van der Waals surface area contributed by atoms with Crippen LogP contribution in [0, 0.1) is 0 Å². The second-order valence-corrected chi connectivity index (χ2v) is 7.68. The molecular formula is C25H28BrN3. The fourth-order valence-electron chi connectivity index (χ4n) is 3.99. The molecule has 0 saturated heterocycles. The van der Waals surface area contributed by atoms with Crippen LogP contribution in [0.3, 0.4) is 0 Å². The van der Waals surface area contributed by atoms with E-state index in [9.17, 15) is 0 Å². The molecule has 0 bridgehead atoms. The van der Waals surface area contributed by atoms with Gasteiger partial charge in [0.2, 0.25) is 11.2 Å². The van der Waals surface area contributed by atoms with Crippen molar-refractivity contribution in [2.24, 2.45) is 0 Å². The van der Waals surface area contributed by atoms with E-state index >= 15 is 0 Å². The summed E-state index contributed by atoms with van der Waals surface area (Å²) in [6.07, 6.45) is 0. The maximum atomic E-state index is 2.46. The third kappa shape index (κ3) is 3.69. The molecule has 4 heteroatoms. The van der Waals surface area contributed by atoms with Gasteiger partial charge in [-0.2, -0.15) is 4.57 Å². The van der Waals surface area contributed by atoms with Gasteiger partial charge in [-0.05, 0) is 43.3 Å². The van der Waals surface area contributed by atoms with Crippen LogP contribution in [0.1, 0.15) is 6.92 Å². The first-order chi connectivity index (χ1) is 13.5. The summed E-state index contributed by atoms with van der Waals surface area (Å²) in [5.41, 5.74) is 6.25. The van der Waals surface area contributed by atoms with Crippen molar-refractivity contribution in [2.45, 2.75) is 13.5 Å². The summed E-state index contributed by atoms with van der Waals surface area (Å²) in [7, 11) is 8.39. The van der Waals surface area contributed by atoms with Crippen LogP contribution in [-0.4, -0.2) is 28.2 Å². The van der Waals surface area contributed by atoms with Crippen molar-refractivity contribution in [3.05, 3.63) is 66.7 Å². The smallest absolute Gasteiger partial charge is 0.220 e. The van der Waals surface area contributed by atoms with Gasteiger partial charge >= 0.3 is 0 Å². The Morgan fingerprint density at radius 3 is 1.86 bits per heavy atom. The van der Waals surface area contributed by atoms with Crippen molar-refractivity contribution in [3.8, 4) is 11.3 Å². The summed E-state index contributed by atoms with van der Waals surface area (Å²) in [6.45, 7) is 3.15. The van der Waals surface area contributed by atoms with E-state index in [0.717, 1.165) is 6.54 Å². The van der Waals surface area contributed by atoms with Crippen molar-refractivity contribution in [1.29, 1.82) is 0 Å². The second-order valence-electron chi connectivity index (χ2n) is 7.68. The number of nitrogens with zero attached hydrogens (tertiary/aromatic N) is 3. The van der Waals surface area contributed by atoms with Crippen LogP contribution in [0.2, 0.25) is 0 Å². The number of halogens is 1. The molecule has 3 nitrogen and oxygen atoms in total. The topological polar surface area (TPSA) is 10.4 Å². The Morgan fingerprint density at radius 1 is 0.690 bits per heavy atom. The van der Waals surface area contributed by atoms with Gasteiger partial charge in [0.25, 0.3) is 0 Å². The summed E-state index contributed by atoms with van der Waals surface area (Å²) in [6, 6.07) is 24.4. The predicted molar refractivity (Wildman–Crippen MR) is 121 cm³/mol. The Labute approximate surface area is 184 Å². The van der Waals surface area contributed by atoms with Crippen molar-refractivity contribution in [2.75, 3.05) is 38.0 Å². The third-order valence-corrected chi connectivity index (χ3v) is 5.49. The lowest BCUT2D eigenvalue weighted by Crippen LogP contribution is -3.00. The van der Waals surface area contributed by atoms with Gasteiger partial charge in [0, 0.05) is 56.6 Å². The van der Waals surface area contributed by atoms with Gasteiger partial charge in [-0.25, -0.2) is 0 Å². The van der Waals surface area contributed by atoms with Gasteiger partial charge < -0.3 is 26.8 Å². The molecule has 0 aliphatic heterocycles. The van der Waals surface area contributed by atoms with E-state index in [4.69, 9.17) is 0 Å².